The highest BCUT2D eigenvalue weighted by Crippen LogP contribution is 2.25. The summed E-state index contributed by atoms with van der Waals surface area (Å²) in [5, 5.41) is 12.8. The Morgan fingerprint density at radius 1 is 1.22 bits per heavy atom. The first-order chi connectivity index (χ1) is 8.46. The normalized spacial score (nSPS) is 23.7. The number of carbonyl (C=O) groups excluding carboxylic acids is 2. The lowest BCUT2D eigenvalue weighted by molar-refractivity contribution is -0.158. The van der Waals surface area contributed by atoms with Crippen LogP contribution >= 0.6 is 23.2 Å². The summed E-state index contributed by atoms with van der Waals surface area (Å²) in [4.78, 5) is 33.9. The van der Waals surface area contributed by atoms with Gasteiger partial charge in [-0.3, -0.25) is 15.0 Å². The molecule has 9 heteroatoms. The summed E-state index contributed by atoms with van der Waals surface area (Å²) < 4.78 is 0. The van der Waals surface area contributed by atoms with Crippen LogP contribution in [0.4, 0.5) is 0 Å². The lowest BCUT2D eigenvalue weighted by atomic mass is 10.1. The lowest BCUT2D eigenvalue weighted by Gasteiger charge is -2.34. The number of hydrogen-bond donors (Lipinski definition) is 3. The van der Waals surface area contributed by atoms with Crippen LogP contribution in [0.1, 0.15) is 12.8 Å². The van der Waals surface area contributed by atoms with Crippen LogP contribution in [0.15, 0.2) is 0 Å². The van der Waals surface area contributed by atoms with Crippen molar-refractivity contribution in [1.82, 2.24) is 15.8 Å². The fourth-order valence-electron chi connectivity index (χ4n) is 1.82. The van der Waals surface area contributed by atoms with Crippen LogP contribution in [-0.4, -0.2) is 51.9 Å². The van der Waals surface area contributed by atoms with E-state index in [4.69, 9.17) is 23.2 Å². The average Bonchev–Trinajstić information content (AvgIpc) is 2.73. The Bertz CT molecular complexity index is 366. The van der Waals surface area contributed by atoms with E-state index in [0.29, 0.717) is 13.0 Å². The maximum Gasteiger partial charge on any atom is 0.346 e. The fourth-order valence-corrected chi connectivity index (χ4v) is 1.95. The van der Waals surface area contributed by atoms with Crippen molar-refractivity contribution in [3.63, 3.8) is 0 Å². The van der Waals surface area contributed by atoms with Gasteiger partial charge in [-0.25, -0.2) is 4.79 Å². The van der Waals surface area contributed by atoms with Gasteiger partial charge in [0.05, 0.1) is 0 Å². The van der Waals surface area contributed by atoms with Crippen LogP contribution in [-0.2, 0) is 14.4 Å². The van der Waals surface area contributed by atoms with E-state index in [-0.39, 0.29) is 18.2 Å². The van der Waals surface area contributed by atoms with Crippen molar-refractivity contribution >= 4 is 41.0 Å². The van der Waals surface area contributed by atoms with Crippen molar-refractivity contribution in [2.45, 2.75) is 18.5 Å². The van der Waals surface area contributed by atoms with E-state index in [2.05, 4.69) is 10.7 Å². The quantitative estimate of drug-likeness (QED) is 0.594. The van der Waals surface area contributed by atoms with Gasteiger partial charge in [0.1, 0.15) is 11.8 Å². The van der Waals surface area contributed by atoms with Gasteiger partial charge >= 0.3 is 5.97 Å². The summed E-state index contributed by atoms with van der Waals surface area (Å²) in [7, 11) is 0. The molecular weight excluding hydrogens is 285 g/mol. The van der Waals surface area contributed by atoms with Crippen LogP contribution in [0.2, 0.25) is 0 Å². The first-order valence-electron chi connectivity index (χ1n) is 5.19. The van der Waals surface area contributed by atoms with E-state index in [1.165, 1.54) is 5.01 Å². The Morgan fingerprint density at radius 3 is 2.33 bits per heavy atom. The van der Waals surface area contributed by atoms with Gasteiger partial charge in [-0.2, -0.15) is 5.01 Å². The zero-order valence-electron chi connectivity index (χ0n) is 9.41. The smallest absolute Gasteiger partial charge is 0.346 e. The summed E-state index contributed by atoms with van der Waals surface area (Å²) in [6.07, 6.45) is 0.685. The van der Waals surface area contributed by atoms with Crippen molar-refractivity contribution in [1.29, 1.82) is 0 Å². The number of aliphatic carboxylic acids is 1. The van der Waals surface area contributed by atoms with Gasteiger partial charge in [0.2, 0.25) is 17.5 Å². The summed E-state index contributed by atoms with van der Waals surface area (Å²) in [5.74, 6) is -3.06. The highest BCUT2D eigenvalue weighted by molar-refractivity contribution is 6.27. The van der Waals surface area contributed by atoms with E-state index < -0.39 is 23.4 Å². The molecule has 0 aromatic carbocycles. The highest BCUT2D eigenvalue weighted by atomic mass is 35.5. The molecular formula is C9H13Cl2N3O4. The molecule has 0 aliphatic carbocycles. The molecule has 0 saturated carbocycles. The van der Waals surface area contributed by atoms with E-state index in [1.807, 2.05) is 0 Å². The number of hydrazine groups is 1. The zero-order valence-corrected chi connectivity index (χ0v) is 10.9. The second kappa shape index (κ2) is 6.21. The van der Waals surface area contributed by atoms with Crippen LogP contribution in [0.5, 0.6) is 0 Å². The van der Waals surface area contributed by atoms with Gasteiger partial charge in [0.15, 0.2) is 0 Å². The molecule has 1 saturated heterocycles. The average molecular weight is 298 g/mol. The molecule has 0 aromatic heterocycles. The molecule has 1 aliphatic rings. The summed E-state index contributed by atoms with van der Waals surface area (Å²) in [5.41, 5.74) is 0.695. The molecule has 2 amide bonds. The first kappa shape index (κ1) is 15.0. The molecule has 1 heterocycles. The van der Waals surface area contributed by atoms with Crippen LogP contribution in [0.25, 0.3) is 0 Å². The number of carbonyl (C=O) groups is 3. The van der Waals surface area contributed by atoms with E-state index in [0.717, 1.165) is 0 Å². The topological polar surface area (TPSA) is 98.7 Å². The Hall–Kier alpha value is -1.05. The van der Waals surface area contributed by atoms with Crippen molar-refractivity contribution in [3.05, 3.63) is 0 Å². The predicted molar refractivity (Wildman–Crippen MR) is 64.0 cm³/mol. The molecule has 18 heavy (non-hydrogen) atoms. The van der Waals surface area contributed by atoms with Crippen molar-refractivity contribution < 1.29 is 19.5 Å². The van der Waals surface area contributed by atoms with Crippen LogP contribution in [0.3, 0.4) is 0 Å². The molecule has 102 valence electrons. The third-order valence-electron chi connectivity index (χ3n) is 2.58. The predicted octanol–water partition coefficient (Wildman–Crippen LogP) is -0.512. The van der Waals surface area contributed by atoms with E-state index in [1.54, 1.807) is 0 Å². The summed E-state index contributed by atoms with van der Waals surface area (Å²) in [6.45, 7) is 0.303. The molecule has 1 fully saturated rings. The molecule has 1 aliphatic heterocycles. The van der Waals surface area contributed by atoms with Crippen molar-refractivity contribution in [2.24, 2.45) is 0 Å². The highest BCUT2D eigenvalue weighted by Gasteiger charge is 2.49. The van der Waals surface area contributed by atoms with E-state index >= 15 is 0 Å². The Balaban J connectivity index is 2.90. The van der Waals surface area contributed by atoms with Gasteiger partial charge in [0.25, 0.3) is 0 Å². The van der Waals surface area contributed by atoms with Gasteiger partial charge in [-0.05, 0) is 12.8 Å². The minimum atomic E-state index is -1.66. The number of rotatable bonds is 5. The van der Waals surface area contributed by atoms with Gasteiger partial charge in [-0.15, -0.1) is 23.2 Å². The maximum atomic E-state index is 11.4. The molecule has 3 N–H and O–H groups in total. The van der Waals surface area contributed by atoms with Crippen molar-refractivity contribution in [2.75, 3.05) is 18.3 Å². The zero-order chi connectivity index (χ0) is 13.8. The fraction of sp³-hybridized carbons (Fsp3) is 0.667. The van der Waals surface area contributed by atoms with Gasteiger partial charge < -0.3 is 10.4 Å². The second-order valence-corrected chi connectivity index (χ2v) is 4.31. The van der Waals surface area contributed by atoms with Gasteiger partial charge in [0, 0.05) is 6.54 Å². The largest absolute Gasteiger partial charge is 0.478 e. The van der Waals surface area contributed by atoms with E-state index in [9.17, 15) is 19.5 Å². The first-order valence-corrected chi connectivity index (χ1v) is 6.26. The number of nitrogens with one attached hydrogen (secondary N) is 2. The number of alkyl halides is 2. The Kier molecular flexibility index (Phi) is 5.18. The Morgan fingerprint density at radius 2 is 1.83 bits per heavy atom. The number of carboxylic acid groups (broad SMARTS) is 1. The molecule has 0 bridgehead atoms. The van der Waals surface area contributed by atoms with Gasteiger partial charge in [-0.1, -0.05) is 0 Å². The second-order valence-electron chi connectivity index (χ2n) is 3.77. The standard InChI is InChI=1S/C9H13Cl2N3O4/c10-4-6(15)12-9(8(17)18)2-1-3-14(9)13-7(16)5-11/h1-5H2,(H,12,15)(H,13,16)(H,17,18)/t9-/m0/s1. The molecule has 0 spiro atoms. The van der Waals surface area contributed by atoms with Crippen molar-refractivity contribution in [3.8, 4) is 0 Å². The monoisotopic (exact) mass is 297 g/mol. The number of nitrogens with zero attached hydrogens (tertiary/aromatic N) is 1. The number of halogens is 2. The third-order valence-corrected chi connectivity index (χ3v) is 3.07. The van der Waals surface area contributed by atoms with Crippen LogP contribution < -0.4 is 10.7 Å². The lowest BCUT2D eigenvalue weighted by Crippen LogP contribution is -2.67. The Labute approximate surface area is 113 Å². The SMILES string of the molecule is O=C(CCl)NN1CCC[C@@]1(NC(=O)CCl)C(=O)O. The van der Waals surface area contributed by atoms with Crippen LogP contribution in [0, 0.1) is 0 Å². The molecule has 1 rings (SSSR count). The molecule has 0 aromatic rings. The molecule has 7 nitrogen and oxygen atoms in total. The molecule has 1 atom stereocenters. The summed E-state index contributed by atoms with van der Waals surface area (Å²) in [6, 6.07) is 0. The molecule has 0 unspecified atom stereocenters. The number of hydrogen-bond acceptors (Lipinski definition) is 4. The maximum absolute atomic E-state index is 11.4. The summed E-state index contributed by atoms with van der Waals surface area (Å²) >= 11 is 10.7. The number of carboxylic acids is 1. The number of amides is 2. The molecule has 0 radical (unpaired) electrons. The minimum Gasteiger partial charge on any atom is -0.478 e. The minimum absolute atomic E-state index is 0.174. The third kappa shape index (κ3) is 3.04.